The van der Waals surface area contributed by atoms with E-state index in [2.05, 4.69) is 23.1 Å². The number of carbonyl (C=O) groups is 1. The second-order valence-electron chi connectivity index (χ2n) is 8.28. The Labute approximate surface area is 182 Å². The number of oxime groups is 1. The van der Waals surface area contributed by atoms with Crippen LogP contribution in [-0.2, 0) is 6.42 Å². The Hall–Kier alpha value is -3.13. The van der Waals surface area contributed by atoms with E-state index in [0.717, 1.165) is 47.3 Å². The third-order valence-corrected chi connectivity index (χ3v) is 7.54. The molecule has 1 unspecified atom stereocenters. The lowest BCUT2D eigenvalue weighted by Crippen LogP contribution is -2.19. The number of H-pyrrole nitrogens is 1. The van der Waals surface area contributed by atoms with Gasteiger partial charge in [-0.05, 0) is 49.3 Å². The molecule has 0 bridgehead atoms. The Balaban J connectivity index is 1.80. The van der Waals surface area contributed by atoms with Gasteiger partial charge in [0.25, 0.3) is 0 Å². The molecule has 1 saturated carbocycles. The maximum Gasteiger partial charge on any atom is 0.341 e. The fourth-order valence-electron chi connectivity index (χ4n) is 4.55. The van der Waals surface area contributed by atoms with Crippen LogP contribution in [0.2, 0.25) is 0 Å². The lowest BCUT2D eigenvalue weighted by Gasteiger charge is -2.18. The summed E-state index contributed by atoms with van der Waals surface area (Å²) in [5, 5.41) is 22.8. The van der Waals surface area contributed by atoms with Crippen molar-refractivity contribution in [3.8, 4) is 16.2 Å². The number of methoxy groups -OCH3 is 1. The van der Waals surface area contributed by atoms with Crippen molar-refractivity contribution < 1.29 is 19.8 Å². The van der Waals surface area contributed by atoms with Crippen LogP contribution in [0.4, 0.5) is 0 Å². The van der Waals surface area contributed by atoms with Gasteiger partial charge in [-0.2, -0.15) is 0 Å². The van der Waals surface area contributed by atoms with Gasteiger partial charge in [0.05, 0.1) is 23.7 Å². The average Bonchev–Trinajstić information content (AvgIpc) is 3.51. The number of hydrogen-bond donors (Lipinski definition) is 3. The summed E-state index contributed by atoms with van der Waals surface area (Å²) in [5.41, 5.74) is 3.31. The molecule has 2 aliphatic carbocycles. The van der Waals surface area contributed by atoms with Crippen LogP contribution in [0.25, 0.3) is 21.3 Å². The first kappa shape index (κ1) is 19.8. The largest absolute Gasteiger partial charge is 0.494 e. The summed E-state index contributed by atoms with van der Waals surface area (Å²) in [7, 11) is 1.56. The molecule has 1 fully saturated rings. The number of aromatic amines is 1. The zero-order valence-electron chi connectivity index (χ0n) is 17.2. The molecule has 2 aliphatic rings. The molecule has 0 amide bonds. The molecule has 2 aromatic heterocycles. The number of fused-ring (bicyclic) bond motifs is 2. The van der Waals surface area contributed by atoms with Crippen LogP contribution >= 0.6 is 11.3 Å². The molecule has 1 aromatic carbocycles. The molecule has 8 heteroatoms. The molecular formula is C23H22N2O5S. The lowest BCUT2D eigenvalue weighted by atomic mass is 9.87. The number of pyridine rings is 1. The number of ether oxygens (including phenoxy) is 1. The van der Waals surface area contributed by atoms with Crippen molar-refractivity contribution in [1.29, 1.82) is 0 Å². The van der Waals surface area contributed by atoms with Gasteiger partial charge in [-0.15, -0.1) is 11.3 Å². The van der Waals surface area contributed by atoms with Crippen molar-refractivity contribution in [2.24, 2.45) is 11.1 Å². The number of aromatic carboxylic acids is 1. The first-order valence-corrected chi connectivity index (χ1v) is 11.1. The van der Waals surface area contributed by atoms with Crippen LogP contribution < -0.4 is 10.2 Å². The smallest absolute Gasteiger partial charge is 0.341 e. The van der Waals surface area contributed by atoms with Crippen molar-refractivity contribution >= 4 is 33.9 Å². The Morgan fingerprint density at radius 3 is 2.71 bits per heavy atom. The number of thiophene rings is 1. The molecule has 160 valence electrons. The number of nitrogens with zero attached hydrogens (tertiary/aromatic N) is 1. The fourth-order valence-corrected chi connectivity index (χ4v) is 5.79. The predicted octanol–water partition coefficient (Wildman–Crippen LogP) is 4.60. The van der Waals surface area contributed by atoms with Crippen molar-refractivity contribution in [1.82, 2.24) is 4.98 Å². The SMILES string of the molecule is COc1c(-c2cc3c(s2)CCC(C)/C3=N\O)c(C2CC2)cc2c(=O)c(C(=O)O)c[nH]c12. The number of nitrogens with one attached hydrogen (secondary N) is 1. The number of aryl methyl sites for hydroxylation is 1. The first-order valence-electron chi connectivity index (χ1n) is 10.3. The van der Waals surface area contributed by atoms with Gasteiger partial charge in [-0.3, -0.25) is 4.79 Å². The number of benzene rings is 1. The molecule has 0 saturated heterocycles. The molecule has 5 rings (SSSR count). The van der Waals surface area contributed by atoms with E-state index in [9.17, 15) is 19.9 Å². The Morgan fingerprint density at radius 2 is 2.06 bits per heavy atom. The number of carboxylic acid groups (broad SMARTS) is 1. The molecule has 0 spiro atoms. The van der Waals surface area contributed by atoms with E-state index in [1.165, 1.54) is 11.1 Å². The second kappa shape index (κ2) is 7.23. The molecule has 2 heterocycles. The summed E-state index contributed by atoms with van der Waals surface area (Å²) < 4.78 is 5.80. The maximum atomic E-state index is 12.9. The molecule has 31 heavy (non-hydrogen) atoms. The van der Waals surface area contributed by atoms with Crippen LogP contribution in [0.5, 0.6) is 5.75 Å². The number of rotatable bonds is 4. The summed E-state index contributed by atoms with van der Waals surface area (Å²) in [6.07, 6.45) is 5.12. The monoisotopic (exact) mass is 438 g/mol. The first-order chi connectivity index (χ1) is 14.9. The molecule has 0 aliphatic heterocycles. The highest BCUT2D eigenvalue weighted by molar-refractivity contribution is 7.16. The van der Waals surface area contributed by atoms with E-state index < -0.39 is 11.4 Å². The van der Waals surface area contributed by atoms with Gasteiger partial charge < -0.3 is 20.0 Å². The van der Waals surface area contributed by atoms with E-state index in [-0.39, 0.29) is 11.5 Å². The van der Waals surface area contributed by atoms with E-state index in [0.29, 0.717) is 28.3 Å². The summed E-state index contributed by atoms with van der Waals surface area (Å²) in [6, 6.07) is 3.89. The van der Waals surface area contributed by atoms with Gasteiger partial charge >= 0.3 is 5.97 Å². The lowest BCUT2D eigenvalue weighted by molar-refractivity contribution is 0.0695. The highest BCUT2D eigenvalue weighted by Gasteiger charge is 2.33. The quantitative estimate of drug-likeness (QED) is 0.407. The molecule has 0 radical (unpaired) electrons. The van der Waals surface area contributed by atoms with Crippen molar-refractivity contribution in [3.63, 3.8) is 0 Å². The van der Waals surface area contributed by atoms with Gasteiger partial charge in [0.1, 0.15) is 5.56 Å². The van der Waals surface area contributed by atoms with Crippen LogP contribution in [0, 0.1) is 5.92 Å². The molecule has 3 aromatic rings. The van der Waals surface area contributed by atoms with Gasteiger partial charge in [0.2, 0.25) is 5.43 Å². The maximum absolute atomic E-state index is 12.9. The van der Waals surface area contributed by atoms with Crippen LogP contribution in [-0.4, -0.2) is 34.1 Å². The highest BCUT2D eigenvalue weighted by Crippen LogP contribution is 2.51. The summed E-state index contributed by atoms with van der Waals surface area (Å²) >= 11 is 1.66. The Kier molecular flexibility index (Phi) is 4.62. The van der Waals surface area contributed by atoms with Gasteiger partial charge in [0, 0.05) is 33.0 Å². The van der Waals surface area contributed by atoms with Gasteiger partial charge in [-0.1, -0.05) is 12.1 Å². The third-order valence-electron chi connectivity index (χ3n) is 6.32. The molecule has 1 atom stereocenters. The number of aromatic nitrogens is 1. The topological polar surface area (TPSA) is 112 Å². The van der Waals surface area contributed by atoms with Crippen LogP contribution in [0.15, 0.2) is 28.3 Å². The normalized spacial score (nSPS) is 19.5. The predicted molar refractivity (Wildman–Crippen MR) is 119 cm³/mol. The third kappa shape index (κ3) is 3.05. The number of hydrogen-bond acceptors (Lipinski definition) is 6. The van der Waals surface area contributed by atoms with E-state index in [4.69, 9.17) is 4.74 Å². The van der Waals surface area contributed by atoms with E-state index in [1.807, 2.05) is 6.07 Å². The molecule has 3 N–H and O–H groups in total. The minimum Gasteiger partial charge on any atom is -0.494 e. The van der Waals surface area contributed by atoms with Crippen molar-refractivity contribution in [3.05, 3.63) is 50.1 Å². The summed E-state index contributed by atoms with van der Waals surface area (Å²) in [4.78, 5) is 29.5. The van der Waals surface area contributed by atoms with Crippen LogP contribution in [0.1, 0.15) is 58.5 Å². The molecule has 7 nitrogen and oxygen atoms in total. The Bertz CT molecular complexity index is 1320. The van der Waals surface area contributed by atoms with Crippen molar-refractivity contribution in [2.45, 2.75) is 38.5 Å². The number of carboxylic acids is 1. The zero-order chi connectivity index (χ0) is 21.9. The molecular weight excluding hydrogens is 416 g/mol. The average molecular weight is 439 g/mol. The summed E-state index contributed by atoms with van der Waals surface area (Å²) in [5.74, 6) is -0.213. The standard InChI is InChI=1S/C23H22N2O5S/c1-10-3-6-16-13(19(10)25-29)8-17(31-16)18-12(11-4-5-11)7-14-20(22(18)30-2)24-9-15(21(14)26)23(27)28/h7-11,29H,3-6H2,1-2H3,(H,24,26)(H,27,28)/b25-19+. The fraction of sp³-hybridized carbons (Fsp3) is 0.348. The van der Waals surface area contributed by atoms with Crippen LogP contribution in [0.3, 0.4) is 0 Å². The van der Waals surface area contributed by atoms with E-state index in [1.54, 1.807) is 18.4 Å². The van der Waals surface area contributed by atoms with Gasteiger partial charge in [-0.25, -0.2) is 4.79 Å². The van der Waals surface area contributed by atoms with Gasteiger partial charge in [0.15, 0.2) is 5.75 Å². The zero-order valence-corrected chi connectivity index (χ0v) is 18.0. The van der Waals surface area contributed by atoms with Crippen molar-refractivity contribution in [2.75, 3.05) is 7.11 Å². The summed E-state index contributed by atoms with van der Waals surface area (Å²) in [6.45, 7) is 2.06. The Morgan fingerprint density at radius 1 is 1.29 bits per heavy atom. The highest BCUT2D eigenvalue weighted by atomic mass is 32.1. The minimum atomic E-state index is -1.25. The second-order valence-corrected chi connectivity index (χ2v) is 9.42. The van der Waals surface area contributed by atoms with E-state index >= 15 is 0 Å². The minimum absolute atomic E-state index is 0.187.